The Morgan fingerprint density at radius 3 is 2.87 bits per heavy atom. The lowest BCUT2D eigenvalue weighted by Gasteiger charge is -2.24. The molecule has 0 heterocycles. The summed E-state index contributed by atoms with van der Waals surface area (Å²) in [6.07, 6.45) is 2.20. The molecule has 1 aliphatic rings. The van der Waals surface area contributed by atoms with Crippen LogP contribution < -0.4 is 10.3 Å². The van der Waals surface area contributed by atoms with Gasteiger partial charge in [-0.05, 0) is 68.9 Å². The van der Waals surface area contributed by atoms with Crippen LogP contribution in [0.25, 0.3) is 0 Å². The minimum Gasteiger partial charge on any atom is -0.451 e. The zero-order valence-corrected chi connectivity index (χ0v) is 17.7. The summed E-state index contributed by atoms with van der Waals surface area (Å²) in [5.41, 5.74) is 8.14. The summed E-state index contributed by atoms with van der Waals surface area (Å²) < 4.78 is 4.52. The van der Waals surface area contributed by atoms with E-state index < -0.39 is 6.09 Å². The predicted molar refractivity (Wildman–Crippen MR) is 115 cm³/mol. The van der Waals surface area contributed by atoms with Crippen molar-refractivity contribution in [3.05, 3.63) is 64.2 Å². The minimum atomic E-state index is -0.670. The maximum absolute atomic E-state index is 11.2. The number of oxime groups is 1. The van der Waals surface area contributed by atoms with E-state index in [1.54, 1.807) is 6.07 Å². The maximum atomic E-state index is 11.2. The van der Waals surface area contributed by atoms with Crippen molar-refractivity contribution in [2.75, 3.05) is 7.11 Å². The van der Waals surface area contributed by atoms with E-state index in [1.807, 2.05) is 39.0 Å². The number of carbonyl (C=O) groups is 1. The summed E-state index contributed by atoms with van der Waals surface area (Å²) in [5, 5.41) is 4.39. The number of rotatable bonds is 5. The van der Waals surface area contributed by atoms with Gasteiger partial charge in [-0.25, -0.2) is 4.79 Å². The minimum absolute atomic E-state index is 0.0931. The molecule has 0 aromatic heterocycles. The van der Waals surface area contributed by atoms with Crippen molar-refractivity contribution >= 4 is 11.8 Å². The molecule has 0 aliphatic heterocycles. The van der Waals surface area contributed by atoms with Crippen LogP contribution in [-0.2, 0) is 16.0 Å². The Morgan fingerprint density at radius 2 is 2.10 bits per heavy atom. The number of hydrogen-bond acceptors (Lipinski definition) is 5. The Balaban J connectivity index is 1.77. The zero-order chi connectivity index (χ0) is 21.5. The molecule has 2 aromatic rings. The average Bonchev–Trinajstić information content (AvgIpc) is 2.77. The number of carbonyl (C=O) groups excluding carboxylic acids is 1. The van der Waals surface area contributed by atoms with Gasteiger partial charge in [-0.3, -0.25) is 0 Å². The van der Waals surface area contributed by atoms with Crippen molar-refractivity contribution in [1.29, 1.82) is 0 Å². The second-order valence-corrected chi connectivity index (χ2v) is 7.09. The van der Waals surface area contributed by atoms with Crippen LogP contribution in [0.1, 0.15) is 60.6 Å². The van der Waals surface area contributed by atoms with Crippen LogP contribution in [0.5, 0.6) is 5.75 Å². The molecule has 0 spiro atoms. The Morgan fingerprint density at radius 1 is 1.27 bits per heavy atom. The number of hydrogen-bond donors (Lipinski definition) is 1. The van der Waals surface area contributed by atoms with Crippen molar-refractivity contribution in [2.45, 2.75) is 46.1 Å². The Bertz CT molecular complexity index is 1020. The topological polar surface area (TPSA) is 69.2 Å². The smallest absolute Gasteiger partial charge is 0.440 e. The molecule has 0 bridgehead atoms. The predicted octanol–water partition coefficient (Wildman–Crippen LogP) is 4.83. The molecule has 1 N–H and O–H groups in total. The van der Waals surface area contributed by atoms with E-state index in [-0.39, 0.29) is 6.10 Å². The van der Waals surface area contributed by atoms with Crippen molar-refractivity contribution in [1.82, 2.24) is 5.48 Å². The summed E-state index contributed by atoms with van der Waals surface area (Å²) >= 11 is 0. The molecule has 1 amide bonds. The van der Waals surface area contributed by atoms with Gasteiger partial charge in [-0.1, -0.05) is 35.3 Å². The number of methoxy groups -OCH3 is 1. The fourth-order valence-electron chi connectivity index (χ4n) is 3.44. The van der Waals surface area contributed by atoms with Crippen molar-refractivity contribution in [2.24, 2.45) is 5.16 Å². The molecule has 0 fully saturated rings. The summed E-state index contributed by atoms with van der Waals surface area (Å²) in [7, 11) is 1.28. The van der Waals surface area contributed by atoms with Gasteiger partial charge in [0.05, 0.1) is 12.8 Å². The lowest BCUT2D eigenvalue weighted by Crippen LogP contribution is -2.27. The number of nitrogens with one attached hydrogen (secondary N) is 1. The Hall–Kier alpha value is -3.46. The molecule has 1 unspecified atom stereocenters. The van der Waals surface area contributed by atoms with E-state index in [1.165, 1.54) is 12.7 Å². The molecule has 6 heteroatoms. The van der Waals surface area contributed by atoms with Gasteiger partial charge in [0.25, 0.3) is 0 Å². The highest BCUT2D eigenvalue weighted by molar-refractivity contribution is 5.98. The van der Waals surface area contributed by atoms with E-state index in [0.717, 1.165) is 47.2 Å². The molecule has 30 heavy (non-hydrogen) atoms. The summed E-state index contributed by atoms with van der Waals surface area (Å²) in [5.74, 6) is 6.69. The number of nitrogens with zero attached hydrogens (tertiary/aromatic N) is 1. The molecule has 6 nitrogen and oxygen atoms in total. The van der Waals surface area contributed by atoms with E-state index in [0.29, 0.717) is 5.75 Å². The molecule has 0 saturated carbocycles. The lowest BCUT2D eigenvalue weighted by atomic mass is 9.86. The van der Waals surface area contributed by atoms with Crippen molar-refractivity contribution < 1.29 is 19.2 Å². The van der Waals surface area contributed by atoms with E-state index in [4.69, 9.17) is 9.68 Å². The highest BCUT2D eigenvalue weighted by Gasteiger charge is 2.23. The molecule has 1 aliphatic carbocycles. The number of fused-ring (bicyclic) bond motifs is 1. The first-order chi connectivity index (χ1) is 14.5. The first-order valence-electron chi connectivity index (χ1n) is 9.90. The summed E-state index contributed by atoms with van der Waals surface area (Å²) in [6, 6.07) is 11.8. The first kappa shape index (κ1) is 21.3. The third kappa shape index (κ3) is 4.93. The number of aryl methyl sites for hydroxylation is 1. The monoisotopic (exact) mass is 406 g/mol. The van der Waals surface area contributed by atoms with E-state index in [9.17, 15) is 4.79 Å². The molecular formula is C24H26N2O4. The molecular weight excluding hydrogens is 380 g/mol. The van der Waals surface area contributed by atoms with Crippen LogP contribution in [0, 0.1) is 18.8 Å². The number of hydroxylamine groups is 1. The van der Waals surface area contributed by atoms with Gasteiger partial charge >= 0.3 is 6.09 Å². The fraction of sp³-hybridized carbons (Fsp3) is 0.333. The van der Waals surface area contributed by atoms with Gasteiger partial charge in [0.1, 0.15) is 0 Å². The van der Waals surface area contributed by atoms with Crippen LogP contribution in [-0.4, -0.2) is 18.9 Å². The van der Waals surface area contributed by atoms with Crippen LogP contribution in [0.2, 0.25) is 0 Å². The molecule has 1 atom stereocenters. The maximum Gasteiger partial charge on any atom is 0.440 e. The van der Waals surface area contributed by atoms with Gasteiger partial charge in [-0.15, -0.1) is 5.92 Å². The van der Waals surface area contributed by atoms with E-state index >= 15 is 0 Å². The zero-order valence-electron chi connectivity index (χ0n) is 17.7. The highest BCUT2D eigenvalue weighted by Crippen LogP contribution is 2.34. The van der Waals surface area contributed by atoms with Crippen molar-refractivity contribution in [3.8, 4) is 17.6 Å². The number of benzene rings is 2. The summed E-state index contributed by atoms with van der Waals surface area (Å²) in [6.45, 7) is 5.62. The second kappa shape index (κ2) is 9.84. The van der Waals surface area contributed by atoms with Crippen LogP contribution >= 0.6 is 0 Å². The van der Waals surface area contributed by atoms with Crippen molar-refractivity contribution in [3.63, 3.8) is 0 Å². The van der Waals surface area contributed by atoms with Crippen LogP contribution in [0.4, 0.5) is 4.79 Å². The number of ether oxygens (including phenoxy) is 1. The standard InChI is InChI=1S/C24H26N2O4/c1-5-8-18-9-6-11-21-20(18)10-7-12-22(21)29-25-17(3)19-14-13-16(2)23(15-19)30-26-24(27)28-4/h6,9,11,13-15,22H,7,10,12H2,1-4H3,(H,26,27)/b25-17+. The van der Waals surface area contributed by atoms with Crippen LogP contribution in [0.15, 0.2) is 41.6 Å². The van der Waals surface area contributed by atoms with Gasteiger partial charge in [0, 0.05) is 11.1 Å². The lowest BCUT2D eigenvalue weighted by molar-refractivity contribution is 0.0459. The third-order valence-corrected chi connectivity index (χ3v) is 5.06. The Labute approximate surface area is 177 Å². The highest BCUT2D eigenvalue weighted by atomic mass is 16.7. The number of amides is 1. The summed E-state index contributed by atoms with van der Waals surface area (Å²) in [4.78, 5) is 22.5. The first-order valence-corrected chi connectivity index (χ1v) is 9.90. The second-order valence-electron chi connectivity index (χ2n) is 7.09. The van der Waals surface area contributed by atoms with Crippen LogP contribution in [0.3, 0.4) is 0 Å². The van der Waals surface area contributed by atoms with Gasteiger partial charge < -0.3 is 14.4 Å². The molecule has 3 rings (SSSR count). The molecule has 0 saturated heterocycles. The average molecular weight is 406 g/mol. The van der Waals surface area contributed by atoms with Gasteiger partial charge in [0.15, 0.2) is 11.9 Å². The SMILES string of the molecule is CC#Cc1cccc2c1CCCC2O/N=C(\C)c1ccc(C)c(ONC(=O)OC)c1. The third-order valence-electron chi connectivity index (χ3n) is 5.06. The molecule has 2 aromatic carbocycles. The molecule has 156 valence electrons. The normalized spacial score (nSPS) is 15.3. The quantitative estimate of drug-likeness (QED) is 0.438. The van der Waals surface area contributed by atoms with E-state index in [2.05, 4.69) is 39.3 Å². The van der Waals surface area contributed by atoms with Gasteiger partial charge in [0.2, 0.25) is 0 Å². The molecule has 0 radical (unpaired) electrons. The van der Waals surface area contributed by atoms with Gasteiger partial charge in [-0.2, -0.15) is 5.48 Å². The Kier molecular flexibility index (Phi) is 6.97. The fourth-order valence-corrected chi connectivity index (χ4v) is 3.44. The largest absolute Gasteiger partial charge is 0.451 e.